The number of nitrogens with one attached hydrogen (secondary N) is 1. The van der Waals surface area contributed by atoms with Crippen LogP contribution in [0.25, 0.3) is 0 Å². The molecule has 0 heterocycles. The van der Waals surface area contributed by atoms with Crippen LogP contribution in [-0.4, -0.2) is 27.3 Å². The molecule has 4 heteroatoms. The molecular weight excluding hydrogens is 228 g/mol. The summed E-state index contributed by atoms with van der Waals surface area (Å²) in [6.07, 6.45) is 1.05. The van der Waals surface area contributed by atoms with Crippen LogP contribution in [0.15, 0.2) is 18.2 Å². The highest BCUT2D eigenvalue weighted by molar-refractivity contribution is 5.42. The van der Waals surface area contributed by atoms with Gasteiger partial charge in [0, 0.05) is 6.54 Å². The maximum Gasteiger partial charge on any atom is 0.161 e. The van der Waals surface area contributed by atoms with Gasteiger partial charge in [-0.25, -0.2) is 0 Å². The van der Waals surface area contributed by atoms with Crippen molar-refractivity contribution in [1.82, 2.24) is 5.32 Å². The minimum Gasteiger partial charge on any atom is -0.493 e. The van der Waals surface area contributed by atoms with Crippen LogP contribution in [0.4, 0.5) is 0 Å². The molecule has 0 radical (unpaired) electrons. The molecule has 0 aliphatic heterocycles. The van der Waals surface area contributed by atoms with Gasteiger partial charge >= 0.3 is 0 Å². The Bertz CT molecular complexity index is 356. The third kappa shape index (κ3) is 4.55. The van der Waals surface area contributed by atoms with Crippen molar-refractivity contribution in [3.05, 3.63) is 23.8 Å². The van der Waals surface area contributed by atoms with Crippen molar-refractivity contribution in [2.75, 3.05) is 27.3 Å². The van der Waals surface area contributed by atoms with Gasteiger partial charge in [0.25, 0.3) is 0 Å². The smallest absolute Gasteiger partial charge is 0.161 e. The topological polar surface area (TPSA) is 56.5 Å². The number of hydrogen-bond donors (Lipinski definition) is 2. The van der Waals surface area contributed by atoms with E-state index >= 15 is 0 Å². The lowest BCUT2D eigenvalue weighted by atomic mass is 10.1. The molecule has 0 aliphatic rings. The van der Waals surface area contributed by atoms with E-state index in [2.05, 4.69) is 12.2 Å². The van der Waals surface area contributed by atoms with E-state index in [9.17, 15) is 0 Å². The molecule has 4 nitrogen and oxygen atoms in total. The average Bonchev–Trinajstić information content (AvgIpc) is 2.38. The summed E-state index contributed by atoms with van der Waals surface area (Å²) in [5, 5.41) is 3.42. The molecule has 0 spiro atoms. The summed E-state index contributed by atoms with van der Waals surface area (Å²) in [5.74, 6) is 2.14. The highest BCUT2D eigenvalue weighted by Crippen LogP contribution is 2.27. The maximum absolute atomic E-state index is 5.52. The molecule has 0 saturated heterocycles. The van der Waals surface area contributed by atoms with Crippen molar-refractivity contribution >= 4 is 0 Å². The van der Waals surface area contributed by atoms with Crippen molar-refractivity contribution in [2.45, 2.75) is 19.9 Å². The molecule has 0 aromatic heterocycles. The Morgan fingerprint density at radius 2 is 1.94 bits per heavy atom. The minimum absolute atomic E-state index is 0.607. The molecule has 0 fully saturated rings. The molecule has 18 heavy (non-hydrogen) atoms. The van der Waals surface area contributed by atoms with Crippen molar-refractivity contribution in [2.24, 2.45) is 11.7 Å². The summed E-state index contributed by atoms with van der Waals surface area (Å²) in [4.78, 5) is 0. The Labute approximate surface area is 109 Å². The fraction of sp³-hybridized carbons (Fsp3) is 0.571. The summed E-state index contributed by atoms with van der Waals surface area (Å²) in [5.41, 5.74) is 6.71. The first-order valence-electron chi connectivity index (χ1n) is 6.33. The number of benzene rings is 1. The van der Waals surface area contributed by atoms with Crippen LogP contribution in [0.1, 0.15) is 18.9 Å². The normalized spacial score (nSPS) is 12.2. The molecule has 102 valence electrons. The summed E-state index contributed by atoms with van der Waals surface area (Å²) in [6, 6.07) is 5.97. The Balaban J connectivity index is 2.47. The van der Waals surface area contributed by atoms with Gasteiger partial charge in [-0.15, -0.1) is 0 Å². The van der Waals surface area contributed by atoms with Crippen LogP contribution < -0.4 is 20.5 Å². The van der Waals surface area contributed by atoms with Gasteiger partial charge < -0.3 is 20.5 Å². The van der Waals surface area contributed by atoms with Crippen LogP contribution in [0, 0.1) is 5.92 Å². The van der Waals surface area contributed by atoms with E-state index < -0.39 is 0 Å². The van der Waals surface area contributed by atoms with Crippen molar-refractivity contribution in [1.29, 1.82) is 0 Å². The molecule has 0 saturated carbocycles. The quantitative estimate of drug-likeness (QED) is 0.740. The Morgan fingerprint density at radius 1 is 1.22 bits per heavy atom. The average molecular weight is 252 g/mol. The predicted octanol–water partition coefficient (Wildman–Crippen LogP) is 1.78. The van der Waals surface area contributed by atoms with E-state index in [4.69, 9.17) is 15.2 Å². The fourth-order valence-corrected chi connectivity index (χ4v) is 1.84. The van der Waals surface area contributed by atoms with Crippen LogP contribution in [0.3, 0.4) is 0 Å². The second-order valence-corrected chi connectivity index (χ2v) is 4.50. The Kier molecular flexibility index (Phi) is 6.54. The Hall–Kier alpha value is -1.26. The highest BCUT2D eigenvalue weighted by atomic mass is 16.5. The highest BCUT2D eigenvalue weighted by Gasteiger charge is 2.05. The first-order valence-corrected chi connectivity index (χ1v) is 6.33. The lowest BCUT2D eigenvalue weighted by molar-refractivity contribution is 0.354. The second-order valence-electron chi connectivity index (χ2n) is 4.50. The van der Waals surface area contributed by atoms with Crippen molar-refractivity contribution in [3.63, 3.8) is 0 Å². The van der Waals surface area contributed by atoms with Gasteiger partial charge in [-0.05, 0) is 43.1 Å². The van der Waals surface area contributed by atoms with Crippen LogP contribution in [-0.2, 0) is 6.54 Å². The van der Waals surface area contributed by atoms with Crippen molar-refractivity contribution < 1.29 is 9.47 Å². The third-order valence-corrected chi connectivity index (χ3v) is 2.93. The maximum atomic E-state index is 5.52. The van der Waals surface area contributed by atoms with E-state index in [0.29, 0.717) is 5.92 Å². The molecular formula is C14H24N2O2. The summed E-state index contributed by atoms with van der Waals surface area (Å²) in [7, 11) is 3.29. The van der Waals surface area contributed by atoms with Gasteiger partial charge in [0.15, 0.2) is 11.5 Å². The molecule has 0 amide bonds. The van der Waals surface area contributed by atoms with Gasteiger partial charge in [-0.2, -0.15) is 0 Å². The molecule has 0 aliphatic carbocycles. The van der Waals surface area contributed by atoms with Gasteiger partial charge in [0.2, 0.25) is 0 Å². The molecule has 1 aromatic carbocycles. The third-order valence-electron chi connectivity index (χ3n) is 2.93. The van der Waals surface area contributed by atoms with E-state index in [1.807, 2.05) is 18.2 Å². The molecule has 1 rings (SSSR count). The van der Waals surface area contributed by atoms with Gasteiger partial charge in [-0.3, -0.25) is 0 Å². The molecule has 3 N–H and O–H groups in total. The molecule has 1 unspecified atom stereocenters. The zero-order valence-corrected chi connectivity index (χ0v) is 11.5. The lowest BCUT2D eigenvalue weighted by Crippen LogP contribution is -2.22. The summed E-state index contributed by atoms with van der Waals surface area (Å²) >= 11 is 0. The van der Waals surface area contributed by atoms with Crippen molar-refractivity contribution in [3.8, 4) is 11.5 Å². The van der Waals surface area contributed by atoms with Crippen LogP contribution >= 0.6 is 0 Å². The monoisotopic (exact) mass is 252 g/mol. The molecule has 1 atom stereocenters. The first-order chi connectivity index (χ1) is 8.71. The summed E-state index contributed by atoms with van der Waals surface area (Å²) in [6.45, 7) is 4.76. The first kappa shape index (κ1) is 14.8. The molecule has 1 aromatic rings. The van der Waals surface area contributed by atoms with E-state index in [1.165, 1.54) is 5.56 Å². The second kappa shape index (κ2) is 7.95. The van der Waals surface area contributed by atoms with Gasteiger partial charge in [0.05, 0.1) is 14.2 Å². The summed E-state index contributed by atoms with van der Waals surface area (Å²) < 4.78 is 10.5. The zero-order valence-electron chi connectivity index (χ0n) is 11.5. The van der Waals surface area contributed by atoms with Crippen LogP contribution in [0.5, 0.6) is 11.5 Å². The zero-order chi connectivity index (χ0) is 13.4. The number of methoxy groups -OCH3 is 2. The SMILES string of the molecule is COc1ccc(CNCC(C)CCN)cc1OC. The number of hydrogen-bond acceptors (Lipinski definition) is 4. The van der Waals surface area contributed by atoms with Gasteiger partial charge in [-0.1, -0.05) is 13.0 Å². The fourth-order valence-electron chi connectivity index (χ4n) is 1.84. The van der Waals surface area contributed by atoms with E-state index in [1.54, 1.807) is 14.2 Å². The predicted molar refractivity (Wildman–Crippen MR) is 74.1 cm³/mol. The van der Waals surface area contributed by atoms with Gasteiger partial charge in [0.1, 0.15) is 0 Å². The van der Waals surface area contributed by atoms with E-state index in [-0.39, 0.29) is 0 Å². The standard InChI is InChI=1S/C14H24N2O2/c1-11(6-7-15)9-16-10-12-4-5-13(17-2)14(8-12)18-3/h4-5,8,11,16H,6-7,9-10,15H2,1-3H3. The lowest BCUT2D eigenvalue weighted by Gasteiger charge is -2.13. The number of ether oxygens (including phenoxy) is 2. The largest absolute Gasteiger partial charge is 0.493 e. The number of rotatable bonds is 8. The Morgan fingerprint density at radius 3 is 2.56 bits per heavy atom. The van der Waals surface area contributed by atoms with E-state index in [0.717, 1.165) is 37.6 Å². The number of nitrogens with two attached hydrogens (primary N) is 1. The van der Waals surface area contributed by atoms with Crippen LogP contribution in [0.2, 0.25) is 0 Å². The minimum atomic E-state index is 0.607. The molecule has 0 bridgehead atoms.